The van der Waals surface area contributed by atoms with Gasteiger partial charge in [0.15, 0.2) is 0 Å². The van der Waals surface area contributed by atoms with Gasteiger partial charge in [0.1, 0.15) is 0 Å². The number of nitro groups is 1. The highest BCUT2D eigenvalue weighted by Gasteiger charge is 2.29. The number of piperazine rings is 1. The van der Waals surface area contributed by atoms with Crippen molar-refractivity contribution < 1.29 is 19.3 Å². The number of hydrogen-bond donors (Lipinski definition) is 0. The lowest BCUT2D eigenvalue weighted by Crippen LogP contribution is -2.48. The maximum atomic E-state index is 12.8. The second kappa shape index (κ2) is 8.55. The number of benzene rings is 2. The van der Waals surface area contributed by atoms with Crippen molar-refractivity contribution in [1.82, 2.24) is 9.80 Å². The van der Waals surface area contributed by atoms with Gasteiger partial charge in [0.25, 0.3) is 11.6 Å². The maximum Gasteiger partial charge on any atom is 0.269 e. The highest BCUT2D eigenvalue weighted by Crippen LogP contribution is 2.21. The van der Waals surface area contributed by atoms with Gasteiger partial charge in [-0.2, -0.15) is 0 Å². The van der Waals surface area contributed by atoms with E-state index in [0.29, 0.717) is 31.7 Å². The molecule has 0 aliphatic carbocycles. The molecule has 9 heteroatoms. The van der Waals surface area contributed by atoms with Crippen LogP contribution in [0.3, 0.4) is 0 Å². The second-order valence-electron chi connectivity index (χ2n) is 7.62. The lowest BCUT2D eigenvalue weighted by Gasteiger charge is -2.36. The first-order chi connectivity index (χ1) is 14.9. The third-order valence-corrected chi connectivity index (χ3v) is 5.69. The Morgan fingerprint density at radius 1 is 0.871 bits per heavy atom. The zero-order valence-corrected chi connectivity index (χ0v) is 16.9. The molecule has 0 bridgehead atoms. The first-order valence-corrected chi connectivity index (χ1v) is 10.1. The highest BCUT2D eigenvalue weighted by atomic mass is 16.6. The van der Waals surface area contributed by atoms with E-state index in [9.17, 15) is 24.5 Å². The number of likely N-dealkylation sites (tertiary alicyclic amines) is 1. The van der Waals surface area contributed by atoms with Crippen molar-refractivity contribution >= 4 is 29.1 Å². The number of nitro benzene ring substituents is 1. The van der Waals surface area contributed by atoms with E-state index in [0.717, 1.165) is 11.3 Å². The summed E-state index contributed by atoms with van der Waals surface area (Å²) in [6, 6.07) is 13.4. The molecule has 2 aromatic carbocycles. The third-order valence-electron chi connectivity index (χ3n) is 5.69. The zero-order chi connectivity index (χ0) is 22.0. The molecule has 2 aromatic rings. The monoisotopic (exact) mass is 422 g/mol. The van der Waals surface area contributed by atoms with E-state index in [1.807, 2.05) is 0 Å². The summed E-state index contributed by atoms with van der Waals surface area (Å²) in [4.78, 5) is 51.9. The van der Waals surface area contributed by atoms with Crippen molar-refractivity contribution in [1.29, 1.82) is 0 Å². The van der Waals surface area contributed by atoms with Crippen LogP contribution >= 0.6 is 0 Å². The Kier molecular flexibility index (Phi) is 5.66. The Balaban J connectivity index is 1.33. The standard InChI is InChI=1S/C22H22N4O5/c27-20-9-10-21(28)25(20)15-16-1-3-17(4-2-16)22(29)24-13-11-23(12-14-24)18-5-7-19(8-6-18)26(30)31/h1-8H,9-15H2. The molecule has 0 unspecified atom stereocenters. The van der Waals surface area contributed by atoms with Crippen LogP contribution in [0.1, 0.15) is 28.8 Å². The van der Waals surface area contributed by atoms with E-state index in [2.05, 4.69) is 4.90 Å². The number of non-ortho nitro benzene ring substituents is 1. The number of rotatable bonds is 5. The van der Waals surface area contributed by atoms with E-state index < -0.39 is 4.92 Å². The predicted octanol–water partition coefficient (Wildman–Crippen LogP) is 2.21. The van der Waals surface area contributed by atoms with Gasteiger partial charge in [-0.25, -0.2) is 0 Å². The molecule has 2 aliphatic heterocycles. The number of hydrogen-bond acceptors (Lipinski definition) is 6. The fourth-order valence-electron chi connectivity index (χ4n) is 3.87. The van der Waals surface area contributed by atoms with Crippen molar-refractivity contribution in [2.45, 2.75) is 19.4 Å². The quantitative estimate of drug-likeness (QED) is 0.416. The van der Waals surface area contributed by atoms with Crippen LogP contribution in [0.25, 0.3) is 0 Å². The van der Waals surface area contributed by atoms with Crippen LogP contribution in [0.15, 0.2) is 48.5 Å². The molecule has 4 rings (SSSR count). The van der Waals surface area contributed by atoms with Crippen LogP contribution in [-0.2, 0) is 16.1 Å². The van der Waals surface area contributed by atoms with Gasteiger partial charge in [-0.3, -0.25) is 29.4 Å². The molecule has 31 heavy (non-hydrogen) atoms. The summed E-state index contributed by atoms with van der Waals surface area (Å²) in [6.07, 6.45) is 0.530. The smallest absolute Gasteiger partial charge is 0.269 e. The summed E-state index contributed by atoms with van der Waals surface area (Å²) in [5, 5.41) is 10.8. The van der Waals surface area contributed by atoms with Crippen molar-refractivity contribution in [2.24, 2.45) is 0 Å². The van der Waals surface area contributed by atoms with Gasteiger partial charge in [0.05, 0.1) is 11.5 Å². The molecule has 3 amide bonds. The van der Waals surface area contributed by atoms with E-state index >= 15 is 0 Å². The minimum Gasteiger partial charge on any atom is -0.368 e. The summed E-state index contributed by atoms with van der Waals surface area (Å²) >= 11 is 0. The number of amides is 3. The van der Waals surface area contributed by atoms with E-state index in [1.54, 1.807) is 41.3 Å². The first-order valence-electron chi connectivity index (χ1n) is 10.1. The second-order valence-corrected chi connectivity index (χ2v) is 7.62. The van der Waals surface area contributed by atoms with Crippen molar-refractivity contribution in [3.63, 3.8) is 0 Å². The zero-order valence-electron chi connectivity index (χ0n) is 16.9. The normalized spacial score (nSPS) is 16.7. The van der Waals surface area contributed by atoms with Crippen molar-refractivity contribution in [2.75, 3.05) is 31.1 Å². The molecule has 2 saturated heterocycles. The molecule has 0 aromatic heterocycles. The lowest BCUT2D eigenvalue weighted by atomic mass is 10.1. The van der Waals surface area contributed by atoms with Crippen LogP contribution in [0.2, 0.25) is 0 Å². The molecule has 2 fully saturated rings. The Labute approximate surface area is 179 Å². The van der Waals surface area contributed by atoms with E-state index in [1.165, 1.54) is 17.0 Å². The molecular formula is C22H22N4O5. The Bertz CT molecular complexity index is 995. The number of imide groups is 1. The summed E-state index contributed by atoms with van der Waals surface area (Å²) < 4.78 is 0. The van der Waals surface area contributed by atoms with Crippen molar-refractivity contribution in [3.8, 4) is 0 Å². The lowest BCUT2D eigenvalue weighted by molar-refractivity contribution is -0.384. The largest absolute Gasteiger partial charge is 0.368 e. The minimum atomic E-state index is -0.424. The first kappa shape index (κ1) is 20.5. The number of carbonyl (C=O) groups is 3. The number of nitrogens with zero attached hydrogens (tertiary/aromatic N) is 4. The third kappa shape index (κ3) is 4.40. The molecule has 9 nitrogen and oxygen atoms in total. The number of anilines is 1. The minimum absolute atomic E-state index is 0.0551. The van der Waals surface area contributed by atoms with Crippen LogP contribution in [0, 0.1) is 10.1 Å². The summed E-state index contributed by atoms with van der Waals surface area (Å²) in [5.74, 6) is -0.379. The van der Waals surface area contributed by atoms with Gasteiger partial charge in [0.2, 0.25) is 11.8 Å². The SMILES string of the molecule is O=C(c1ccc(CN2C(=O)CCC2=O)cc1)N1CCN(c2ccc([N+](=O)[O-])cc2)CC1. The highest BCUT2D eigenvalue weighted by molar-refractivity contribution is 6.01. The Morgan fingerprint density at radius 2 is 1.45 bits per heavy atom. The Morgan fingerprint density at radius 3 is 2.00 bits per heavy atom. The predicted molar refractivity (Wildman–Crippen MR) is 112 cm³/mol. The maximum absolute atomic E-state index is 12.8. The van der Waals surface area contributed by atoms with Gasteiger partial charge in [-0.15, -0.1) is 0 Å². The molecule has 160 valence electrons. The molecule has 0 spiro atoms. The van der Waals surface area contributed by atoms with Crippen LogP contribution in [-0.4, -0.2) is 58.6 Å². The molecule has 0 N–H and O–H groups in total. The topological polar surface area (TPSA) is 104 Å². The van der Waals surface area contributed by atoms with E-state index in [4.69, 9.17) is 0 Å². The van der Waals surface area contributed by atoms with Gasteiger partial charge in [0, 0.05) is 62.4 Å². The van der Waals surface area contributed by atoms with Crippen LogP contribution in [0.5, 0.6) is 0 Å². The molecular weight excluding hydrogens is 400 g/mol. The molecule has 2 aliphatic rings. The van der Waals surface area contributed by atoms with Gasteiger partial charge in [-0.1, -0.05) is 12.1 Å². The Hall–Kier alpha value is -3.75. The van der Waals surface area contributed by atoms with Gasteiger partial charge >= 0.3 is 0 Å². The molecule has 0 atom stereocenters. The summed E-state index contributed by atoms with van der Waals surface area (Å²) in [6.45, 7) is 2.62. The average Bonchev–Trinajstić information content (AvgIpc) is 3.11. The fourth-order valence-corrected chi connectivity index (χ4v) is 3.87. The summed E-state index contributed by atoms with van der Waals surface area (Å²) in [7, 11) is 0. The summed E-state index contributed by atoms with van der Waals surface area (Å²) in [5.41, 5.74) is 2.32. The number of carbonyl (C=O) groups excluding carboxylic acids is 3. The van der Waals surface area contributed by atoms with Gasteiger partial charge in [-0.05, 0) is 29.8 Å². The van der Waals surface area contributed by atoms with Crippen molar-refractivity contribution in [3.05, 3.63) is 69.8 Å². The molecule has 2 heterocycles. The van der Waals surface area contributed by atoms with Crippen LogP contribution < -0.4 is 4.90 Å². The van der Waals surface area contributed by atoms with Gasteiger partial charge < -0.3 is 9.80 Å². The fraction of sp³-hybridized carbons (Fsp3) is 0.318. The van der Waals surface area contributed by atoms with Crippen LogP contribution in [0.4, 0.5) is 11.4 Å². The molecule has 0 radical (unpaired) electrons. The average molecular weight is 422 g/mol. The molecule has 0 saturated carbocycles. The van der Waals surface area contributed by atoms with E-state index in [-0.39, 0.29) is 42.8 Å².